The minimum absolute atomic E-state index is 0.0160. The molecule has 0 amide bonds. The lowest BCUT2D eigenvalue weighted by Gasteiger charge is -2.39. The molecule has 0 aromatic heterocycles. The fourth-order valence-electron chi connectivity index (χ4n) is 3.90. The van der Waals surface area contributed by atoms with Crippen LogP contribution in [0, 0.1) is 17.3 Å². The molecule has 20 heavy (non-hydrogen) atoms. The molecule has 0 bridgehead atoms. The molecule has 0 radical (unpaired) electrons. The van der Waals surface area contributed by atoms with E-state index in [9.17, 15) is 5.11 Å². The zero-order valence-electron chi connectivity index (χ0n) is 13.6. The standard InChI is InChI=1S/C17H34N2O/c1-17(2,3)16(20)9-14-8-15(18)12-19(11-14)10-13-6-4-5-7-13/h13-16,20H,4-12,18H2,1-3H3. The number of nitrogens with two attached hydrogens (primary N) is 1. The topological polar surface area (TPSA) is 49.5 Å². The zero-order valence-corrected chi connectivity index (χ0v) is 13.6. The Labute approximate surface area is 124 Å². The van der Waals surface area contributed by atoms with Gasteiger partial charge in [0.1, 0.15) is 0 Å². The summed E-state index contributed by atoms with van der Waals surface area (Å²) in [6.45, 7) is 9.79. The Balaban J connectivity index is 1.84. The monoisotopic (exact) mass is 282 g/mol. The molecule has 2 fully saturated rings. The molecule has 0 aromatic rings. The largest absolute Gasteiger partial charge is 0.393 e. The van der Waals surface area contributed by atoms with Crippen LogP contribution in [0.4, 0.5) is 0 Å². The minimum atomic E-state index is -0.217. The van der Waals surface area contributed by atoms with Crippen LogP contribution >= 0.6 is 0 Å². The van der Waals surface area contributed by atoms with Crippen LogP contribution in [0.25, 0.3) is 0 Å². The second-order valence-corrected chi connectivity index (χ2v) is 8.35. The Hall–Kier alpha value is -0.120. The molecule has 1 saturated carbocycles. The van der Waals surface area contributed by atoms with E-state index in [1.54, 1.807) is 0 Å². The van der Waals surface area contributed by atoms with Crippen molar-refractivity contribution in [1.82, 2.24) is 4.90 Å². The van der Waals surface area contributed by atoms with Crippen LogP contribution in [-0.2, 0) is 0 Å². The predicted octanol–water partition coefficient (Wildman–Crippen LogP) is 2.62. The van der Waals surface area contributed by atoms with Crippen molar-refractivity contribution in [2.45, 2.75) is 71.4 Å². The first-order chi connectivity index (χ1) is 9.34. The number of aliphatic hydroxyl groups is 1. The first-order valence-electron chi connectivity index (χ1n) is 8.50. The highest BCUT2D eigenvalue weighted by Crippen LogP contribution is 2.30. The van der Waals surface area contributed by atoms with Crippen molar-refractivity contribution >= 4 is 0 Å². The summed E-state index contributed by atoms with van der Waals surface area (Å²) in [6, 6.07) is 0.294. The lowest BCUT2D eigenvalue weighted by molar-refractivity contribution is 0.0224. The quantitative estimate of drug-likeness (QED) is 0.833. The maximum absolute atomic E-state index is 10.3. The molecule has 118 valence electrons. The van der Waals surface area contributed by atoms with Crippen molar-refractivity contribution in [3.63, 3.8) is 0 Å². The lowest BCUT2D eigenvalue weighted by Crippen LogP contribution is -2.49. The Morgan fingerprint density at radius 2 is 1.80 bits per heavy atom. The third-order valence-corrected chi connectivity index (χ3v) is 5.19. The summed E-state index contributed by atoms with van der Waals surface area (Å²) in [5.41, 5.74) is 6.24. The number of hydrogen-bond acceptors (Lipinski definition) is 3. The molecule has 0 spiro atoms. The lowest BCUT2D eigenvalue weighted by atomic mass is 9.80. The summed E-state index contributed by atoms with van der Waals surface area (Å²) in [6.07, 6.45) is 7.40. The molecule has 1 heterocycles. The average molecular weight is 282 g/mol. The van der Waals surface area contributed by atoms with Gasteiger partial charge in [-0.1, -0.05) is 33.6 Å². The first kappa shape index (κ1) is 16.3. The number of piperidine rings is 1. The molecule has 3 atom stereocenters. The van der Waals surface area contributed by atoms with Crippen LogP contribution < -0.4 is 5.73 Å². The van der Waals surface area contributed by atoms with Gasteiger partial charge in [0.15, 0.2) is 0 Å². The second-order valence-electron chi connectivity index (χ2n) is 8.35. The summed E-state index contributed by atoms with van der Waals surface area (Å²) in [7, 11) is 0. The Morgan fingerprint density at radius 3 is 2.40 bits per heavy atom. The zero-order chi connectivity index (χ0) is 14.8. The van der Waals surface area contributed by atoms with Crippen molar-refractivity contribution < 1.29 is 5.11 Å². The van der Waals surface area contributed by atoms with Gasteiger partial charge < -0.3 is 15.7 Å². The van der Waals surface area contributed by atoms with Crippen molar-refractivity contribution in [2.75, 3.05) is 19.6 Å². The molecular weight excluding hydrogens is 248 g/mol. The van der Waals surface area contributed by atoms with E-state index in [1.807, 2.05) is 0 Å². The molecule has 2 rings (SSSR count). The molecule has 3 nitrogen and oxygen atoms in total. The van der Waals surface area contributed by atoms with Gasteiger partial charge in [0.05, 0.1) is 6.10 Å². The van der Waals surface area contributed by atoms with E-state index in [-0.39, 0.29) is 11.5 Å². The van der Waals surface area contributed by atoms with E-state index < -0.39 is 0 Å². The van der Waals surface area contributed by atoms with Gasteiger partial charge in [0.2, 0.25) is 0 Å². The van der Waals surface area contributed by atoms with Gasteiger partial charge in [0, 0.05) is 25.7 Å². The molecule has 1 aliphatic carbocycles. The molecule has 1 saturated heterocycles. The maximum Gasteiger partial charge on any atom is 0.0591 e. The molecule has 0 aromatic carbocycles. The number of hydrogen-bond donors (Lipinski definition) is 2. The average Bonchev–Trinajstić information content (AvgIpc) is 2.79. The van der Waals surface area contributed by atoms with Crippen LogP contribution in [0.5, 0.6) is 0 Å². The van der Waals surface area contributed by atoms with Crippen molar-refractivity contribution in [3.8, 4) is 0 Å². The smallest absolute Gasteiger partial charge is 0.0591 e. The second kappa shape index (κ2) is 6.76. The normalized spacial score (nSPS) is 31.6. The summed E-state index contributed by atoms with van der Waals surface area (Å²) in [4.78, 5) is 2.57. The molecule has 3 N–H and O–H groups in total. The first-order valence-corrected chi connectivity index (χ1v) is 8.50. The van der Waals surface area contributed by atoms with Crippen LogP contribution in [0.1, 0.15) is 59.3 Å². The van der Waals surface area contributed by atoms with Gasteiger partial charge in [-0.3, -0.25) is 0 Å². The van der Waals surface area contributed by atoms with Crippen molar-refractivity contribution in [2.24, 2.45) is 23.0 Å². The summed E-state index contributed by atoms with van der Waals surface area (Å²) < 4.78 is 0. The van der Waals surface area contributed by atoms with Crippen molar-refractivity contribution in [3.05, 3.63) is 0 Å². The SMILES string of the molecule is CC(C)(C)C(O)CC1CC(N)CN(CC2CCCC2)C1. The number of likely N-dealkylation sites (tertiary alicyclic amines) is 1. The fourth-order valence-corrected chi connectivity index (χ4v) is 3.90. The number of rotatable bonds is 4. The predicted molar refractivity (Wildman–Crippen MR) is 84.6 cm³/mol. The summed E-state index contributed by atoms with van der Waals surface area (Å²) in [5, 5.41) is 10.3. The highest BCUT2D eigenvalue weighted by atomic mass is 16.3. The highest BCUT2D eigenvalue weighted by Gasteiger charge is 2.31. The number of aliphatic hydroxyl groups excluding tert-OH is 1. The van der Waals surface area contributed by atoms with Gasteiger partial charge in [-0.25, -0.2) is 0 Å². The van der Waals surface area contributed by atoms with Gasteiger partial charge >= 0.3 is 0 Å². The van der Waals surface area contributed by atoms with Crippen LogP contribution in [0.2, 0.25) is 0 Å². The van der Waals surface area contributed by atoms with Crippen LogP contribution in [0.15, 0.2) is 0 Å². The third kappa shape index (κ3) is 4.71. The van der Waals surface area contributed by atoms with Gasteiger partial charge in [-0.05, 0) is 42.9 Å². The fraction of sp³-hybridized carbons (Fsp3) is 1.00. The van der Waals surface area contributed by atoms with E-state index in [2.05, 4.69) is 25.7 Å². The summed E-state index contributed by atoms with van der Waals surface area (Å²) >= 11 is 0. The molecular formula is C17H34N2O. The van der Waals surface area contributed by atoms with E-state index in [0.29, 0.717) is 12.0 Å². The highest BCUT2D eigenvalue weighted by molar-refractivity contribution is 4.86. The van der Waals surface area contributed by atoms with Gasteiger partial charge in [-0.15, -0.1) is 0 Å². The van der Waals surface area contributed by atoms with E-state index in [0.717, 1.165) is 31.8 Å². The van der Waals surface area contributed by atoms with Crippen LogP contribution in [0.3, 0.4) is 0 Å². The molecule has 3 unspecified atom stereocenters. The van der Waals surface area contributed by atoms with E-state index >= 15 is 0 Å². The number of nitrogens with zero attached hydrogens (tertiary/aromatic N) is 1. The molecule has 1 aliphatic heterocycles. The van der Waals surface area contributed by atoms with E-state index in [4.69, 9.17) is 5.73 Å². The Kier molecular flexibility index (Phi) is 5.49. The molecule has 3 heteroatoms. The van der Waals surface area contributed by atoms with Gasteiger partial charge in [-0.2, -0.15) is 0 Å². The Morgan fingerprint density at radius 1 is 1.15 bits per heavy atom. The summed E-state index contributed by atoms with van der Waals surface area (Å²) in [5.74, 6) is 1.46. The van der Waals surface area contributed by atoms with E-state index in [1.165, 1.54) is 32.2 Å². The maximum atomic E-state index is 10.3. The van der Waals surface area contributed by atoms with Crippen molar-refractivity contribution in [1.29, 1.82) is 0 Å². The van der Waals surface area contributed by atoms with Crippen LogP contribution in [-0.4, -0.2) is 41.8 Å². The minimum Gasteiger partial charge on any atom is -0.393 e. The Bertz CT molecular complexity index is 294. The molecule has 2 aliphatic rings. The van der Waals surface area contributed by atoms with Gasteiger partial charge in [0.25, 0.3) is 0 Å². The third-order valence-electron chi connectivity index (χ3n) is 5.19.